The van der Waals surface area contributed by atoms with Crippen LogP contribution in [-0.4, -0.2) is 55.1 Å². The van der Waals surface area contributed by atoms with Gasteiger partial charge >= 0.3 is 5.97 Å². The fraction of sp³-hybridized carbons (Fsp3) is 0.857. The van der Waals surface area contributed by atoms with E-state index in [9.17, 15) is 23.1 Å². The zero-order valence-corrected chi connectivity index (χ0v) is 13.7. The Morgan fingerprint density at radius 3 is 2.14 bits per heavy atom. The predicted molar refractivity (Wildman–Crippen MR) is 80.7 cm³/mol. The lowest BCUT2D eigenvalue weighted by Gasteiger charge is -2.35. The first kappa shape index (κ1) is 17.2. The highest BCUT2D eigenvalue weighted by atomic mass is 32.2. The Balaban J connectivity index is 1.96. The summed E-state index contributed by atoms with van der Waals surface area (Å²) in [6.07, 6.45) is 5.47. The molecular weight excluding hydrogens is 308 g/mol. The van der Waals surface area contributed by atoms with Crippen molar-refractivity contribution in [3.8, 4) is 0 Å². The molecule has 0 aromatic carbocycles. The number of hydrogen-bond acceptors (Lipinski definition) is 4. The highest BCUT2D eigenvalue weighted by Crippen LogP contribution is 2.37. The third-order valence-electron chi connectivity index (χ3n) is 4.81. The van der Waals surface area contributed by atoms with Crippen molar-refractivity contribution < 1.29 is 23.1 Å². The van der Waals surface area contributed by atoms with E-state index in [4.69, 9.17) is 0 Å². The van der Waals surface area contributed by atoms with Crippen molar-refractivity contribution in [1.29, 1.82) is 0 Å². The number of aliphatic carboxylic acids is 1. The van der Waals surface area contributed by atoms with E-state index in [0.29, 0.717) is 38.8 Å². The number of nitrogens with zero attached hydrogens (tertiary/aromatic N) is 1. The zero-order valence-electron chi connectivity index (χ0n) is 12.9. The molecule has 2 aliphatic rings. The molecule has 0 atom stereocenters. The summed E-state index contributed by atoms with van der Waals surface area (Å²) in [5.74, 6) is -1.45. The van der Waals surface area contributed by atoms with E-state index >= 15 is 0 Å². The van der Waals surface area contributed by atoms with E-state index in [2.05, 4.69) is 5.32 Å². The molecule has 0 bridgehead atoms. The first-order valence-corrected chi connectivity index (χ1v) is 9.60. The Morgan fingerprint density at radius 2 is 1.68 bits per heavy atom. The third kappa shape index (κ3) is 3.60. The summed E-state index contributed by atoms with van der Waals surface area (Å²) in [4.78, 5) is 24.1. The maximum atomic E-state index is 12.5. The molecule has 0 spiro atoms. The second-order valence-electron chi connectivity index (χ2n) is 6.36. The van der Waals surface area contributed by atoms with Gasteiger partial charge in [-0.15, -0.1) is 0 Å². The van der Waals surface area contributed by atoms with Crippen LogP contribution in [0.4, 0.5) is 0 Å². The summed E-state index contributed by atoms with van der Waals surface area (Å²) >= 11 is 0. The minimum atomic E-state index is -3.20. The van der Waals surface area contributed by atoms with Gasteiger partial charge in [0.1, 0.15) is 5.41 Å². The summed E-state index contributed by atoms with van der Waals surface area (Å²) in [6, 6.07) is -0.149. The minimum absolute atomic E-state index is 0.149. The summed E-state index contributed by atoms with van der Waals surface area (Å²) in [5.41, 5.74) is -1.30. The molecule has 8 heteroatoms. The van der Waals surface area contributed by atoms with Crippen LogP contribution < -0.4 is 5.32 Å². The molecule has 1 amide bonds. The Hall–Kier alpha value is -1.15. The second kappa shape index (κ2) is 6.54. The lowest BCUT2D eigenvalue weighted by molar-refractivity contribution is -0.158. The number of amides is 1. The maximum Gasteiger partial charge on any atom is 0.319 e. The quantitative estimate of drug-likeness (QED) is 0.732. The molecule has 1 aliphatic heterocycles. The fourth-order valence-corrected chi connectivity index (χ4v) is 4.22. The third-order valence-corrected chi connectivity index (χ3v) is 6.11. The van der Waals surface area contributed by atoms with E-state index < -0.39 is 27.3 Å². The van der Waals surface area contributed by atoms with Crippen molar-refractivity contribution in [2.24, 2.45) is 5.41 Å². The first-order chi connectivity index (χ1) is 10.3. The second-order valence-corrected chi connectivity index (χ2v) is 8.34. The highest BCUT2D eigenvalue weighted by Gasteiger charge is 2.47. The molecule has 2 N–H and O–H groups in total. The minimum Gasteiger partial charge on any atom is -0.480 e. The van der Waals surface area contributed by atoms with E-state index in [-0.39, 0.29) is 6.04 Å². The molecule has 0 radical (unpaired) electrons. The van der Waals surface area contributed by atoms with E-state index in [1.54, 1.807) is 0 Å². The zero-order chi connectivity index (χ0) is 16.4. The smallest absolute Gasteiger partial charge is 0.319 e. The first-order valence-electron chi connectivity index (χ1n) is 7.75. The molecule has 22 heavy (non-hydrogen) atoms. The van der Waals surface area contributed by atoms with Crippen LogP contribution in [-0.2, 0) is 19.6 Å². The molecule has 1 heterocycles. The topological polar surface area (TPSA) is 104 Å². The Morgan fingerprint density at radius 1 is 1.14 bits per heavy atom. The summed E-state index contributed by atoms with van der Waals surface area (Å²) in [5, 5.41) is 12.3. The lowest BCUT2D eigenvalue weighted by Crippen LogP contribution is -2.53. The SMILES string of the molecule is CS(=O)(=O)N1CCC(NC(=O)C2(C(=O)O)CCCCC2)CC1. The van der Waals surface area contributed by atoms with Crippen LogP contribution >= 0.6 is 0 Å². The fourth-order valence-electron chi connectivity index (χ4n) is 3.35. The molecule has 0 aromatic heterocycles. The molecule has 1 saturated carbocycles. The number of sulfonamides is 1. The summed E-state index contributed by atoms with van der Waals surface area (Å²) in [6.45, 7) is 0.730. The van der Waals surface area contributed by atoms with Crippen LogP contribution in [0.25, 0.3) is 0 Å². The Bertz CT molecular complexity index is 531. The Labute approximate surface area is 131 Å². The molecule has 0 unspecified atom stereocenters. The van der Waals surface area contributed by atoms with Crippen molar-refractivity contribution in [2.75, 3.05) is 19.3 Å². The van der Waals surface area contributed by atoms with Crippen LogP contribution in [0.1, 0.15) is 44.9 Å². The van der Waals surface area contributed by atoms with Gasteiger partial charge in [0.25, 0.3) is 0 Å². The van der Waals surface area contributed by atoms with E-state index in [1.807, 2.05) is 0 Å². The van der Waals surface area contributed by atoms with Gasteiger partial charge in [0.15, 0.2) is 0 Å². The van der Waals surface area contributed by atoms with E-state index in [0.717, 1.165) is 19.3 Å². The van der Waals surface area contributed by atoms with Crippen molar-refractivity contribution >= 4 is 21.9 Å². The molecule has 1 aliphatic carbocycles. The monoisotopic (exact) mass is 332 g/mol. The van der Waals surface area contributed by atoms with Gasteiger partial charge in [0.05, 0.1) is 6.26 Å². The van der Waals surface area contributed by atoms with Crippen LogP contribution in [0.3, 0.4) is 0 Å². The summed E-state index contributed by atoms with van der Waals surface area (Å²) < 4.78 is 24.3. The van der Waals surface area contributed by atoms with Crippen LogP contribution in [0.2, 0.25) is 0 Å². The van der Waals surface area contributed by atoms with E-state index in [1.165, 1.54) is 10.6 Å². The lowest BCUT2D eigenvalue weighted by atomic mass is 9.73. The van der Waals surface area contributed by atoms with Gasteiger partial charge in [-0.25, -0.2) is 12.7 Å². The molecule has 1 saturated heterocycles. The largest absolute Gasteiger partial charge is 0.480 e. The highest BCUT2D eigenvalue weighted by molar-refractivity contribution is 7.88. The number of carbonyl (C=O) groups excluding carboxylic acids is 1. The van der Waals surface area contributed by atoms with Crippen molar-refractivity contribution in [2.45, 2.75) is 51.0 Å². The maximum absolute atomic E-state index is 12.5. The van der Waals surface area contributed by atoms with Crippen molar-refractivity contribution in [3.63, 3.8) is 0 Å². The van der Waals surface area contributed by atoms with Gasteiger partial charge in [0.2, 0.25) is 15.9 Å². The van der Waals surface area contributed by atoms with Crippen molar-refractivity contribution in [1.82, 2.24) is 9.62 Å². The van der Waals surface area contributed by atoms with Gasteiger partial charge in [0, 0.05) is 19.1 Å². The average molecular weight is 332 g/mol. The van der Waals surface area contributed by atoms with Crippen LogP contribution in [0, 0.1) is 5.41 Å². The molecule has 2 fully saturated rings. The number of hydrogen-bond donors (Lipinski definition) is 2. The average Bonchev–Trinajstić information content (AvgIpc) is 2.47. The number of nitrogens with one attached hydrogen (secondary N) is 1. The standard InChI is InChI=1S/C14H24N2O5S/c1-22(20,21)16-9-5-11(6-10-16)15-12(17)14(13(18)19)7-3-2-4-8-14/h11H,2-10H2,1H3,(H,15,17)(H,18,19). The summed E-state index contributed by atoms with van der Waals surface area (Å²) in [7, 11) is -3.20. The van der Waals surface area contributed by atoms with Gasteiger partial charge in [-0.1, -0.05) is 19.3 Å². The normalized spacial score (nSPS) is 23.9. The predicted octanol–water partition coefficient (Wildman–Crippen LogP) is 0.562. The number of carbonyl (C=O) groups is 2. The molecule has 0 aromatic rings. The molecular formula is C14H24N2O5S. The van der Waals surface area contributed by atoms with Gasteiger partial charge in [-0.3, -0.25) is 9.59 Å². The number of carboxylic acids is 1. The van der Waals surface area contributed by atoms with Gasteiger partial charge in [-0.05, 0) is 25.7 Å². The Kier molecular flexibility index (Phi) is 5.11. The number of carboxylic acid groups (broad SMARTS) is 1. The number of piperidine rings is 1. The van der Waals surface area contributed by atoms with Gasteiger partial charge < -0.3 is 10.4 Å². The molecule has 2 rings (SSSR count). The molecule has 7 nitrogen and oxygen atoms in total. The van der Waals surface area contributed by atoms with Crippen LogP contribution in [0.15, 0.2) is 0 Å². The van der Waals surface area contributed by atoms with Crippen LogP contribution in [0.5, 0.6) is 0 Å². The van der Waals surface area contributed by atoms with Gasteiger partial charge in [-0.2, -0.15) is 0 Å². The van der Waals surface area contributed by atoms with Crippen molar-refractivity contribution in [3.05, 3.63) is 0 Å². The molecule has 126 valence electrons. The number of rotatable bonds is 4.